The largest absolute Gasteiger partial charge is 0.497 e. The van der Waals surface area contributed by atoms with Crippen LogP contribution < -0.4 is 10.1 Å². The van der Waals surface area contributed by atoms with Crippen LogP contribution in [0.25, 0.3) is 10.9 Å². The van der Waals surface area contributed by atoms with Gasteiger partial charge in [-0.3, -0.25) is 0 Å². The van der Waals surface area contributed by atoms with Crippen molar-refractivity contribution in [2.75, 3.05) is 34.3 Å². The molecule has 1 aliphatic heterocycles. The third-order valence-electron chi connectivity index (χ3n) is 7.83. The summed E-state index contributed by atoms with van der Waals surface area (Å²) in [5, 5.41) is 17.3. The second-order valence-corrected chi connectivity index (χ2v) is 10.1. The van der Waals surface area contributed by atoms with Gasteiger partial charge in [-0.1, -0.05) is 24.3 Å². The average molecular weight is 434 g/mol. The molecule has 1 aliphatic carbocycles. The van der Waals surface area contributed by atoms with Gasteiger partial charge in [0.1, 0.15) is 5.75 Å². The summed E-state index contributed by atoms with van der Waals surface area (Å²) in [7, 11) is 5.94. The number of ether oxygens (including phenoxy) is 1. The Kier molecular flexibility index (Phi) is 5.31. The number of aliphatic hydroxyl groups is 1. The van der Waals surface area contributed by atoms with Gasteiger partial charge in [0.15, 0.2) is 0 Å². The lowest BCUT2D eigenvalue weighted by molar-refractivity contribution is -0.0891. The highest BCUT2D eigenvalue weighted by Gasteiger charge is 2.52. The van der Waals surface area contributed by atoms with Crippen LogP contribution in [0.3, 0.4) is 0 Å². The molecular weight excluding hydrogens is 398 g/mol. The Bertz CT molecular complexity index is 1140. The fourth-order valence-electron chi connectivity index (χ4n) is 6.29. The zero-order valence-corrected chi connectivity index (χ0v) is 19.7. The lowest BCUT2D eigenvalue weighted by Gasteiger charge is -2.52. The Labute approximate surface area is 190 Å². The Morgan fingerprint density at radius 1 is 1.16 bits per heavy atom. The smallest absolute Gasteiger partial charge is 0.119 e. The predicted molar refractivity (Wildman–Crippen MR) is 129 cm³/mol. The van der Waals surface area contributed by atoms with E-state index in [2.05, 4.69) is 72.6 Å². The van der Waals surface area contributed by atoms with Gasteiger partial charge in [0.05, 0.1) is 18.2 Å². The van der Waals surface area contributed by atoms with Gasteiger partial charge in [-0.25, -0.2) is 0 Å². The summed E-state index contributed by atoms with van der Waals surface area (Å²) in [5.41, 5.74) is 5.17. The van der Waals surface area contributed by atoms with E-state index in [9.17, 15) is 5.11 Å². The first kappa shape index (κ1) is 21.5. The molecule has 2 aliphatic rings. The summed E-state index contributed by atoms with van der Waals surface area (Å²) in [6, 6.07) is 14.7. The van der Waals surface area contributed by atoms with Crippen molar-refractivity contribution in [1.82, 2.24) is 15.2 Å². The number of hydrogen-bond donors (Lipinski definition) is 3. The maximum Gasteiger partial charge on any atom is 0.119 e. The number of benzene rings is 2. The average Bonchev–Trinajstić information content (AvgIpc) is 3.16. The van der Waals surface area contributed by atoms with Crippen LogP contribution in [0.4, 0.5) is 0 Å². The Hall–Kier alpha value is -2.34. The fraction of sp³-hybridized carbons (Fsp3) is 0.481. The van der Waals surface area contributed by atoms with Crippen LogP contribution in [0, 0.1) is 12.8 Å². The molecule has 1 saturated carbocycles. The molecule has 0 amide bonds. The van der Waals surface area contributed by atoms with E-state index in [0.29, 0.717) is 0 Å². The Balaban J connectivity index is 1.59. The number of rotatable bonds is 4. The molecule has 5 nitrogen and oxygen atoms in total. The van der Waals surface area contributed by atoms with Crippen LogP contribution in [0.2, 0.25) is 0 Å². The number of methoxy groups -OCH3 is 1. The van der Waals surface area contributed by atoms with E-state index in [1.165, 1.54) is 27.7 Å². The Morgan fingerprint density at radius 2 is 1.97 bits per heavy atom. The minimum Gasteiger partial charge on any atom is -0.497 e. The molecule has 5 rings (SSSR count). The van der Waals surface area contributed by atoms with Crippen molar-refractivity contribution in [3.05, 3.63) is 64.8 Å². The first-order valence-electron chi connectivity index (χ1n) is 11.7. The molecule has 0 saturated heterocycles. The van der Waals surface area contributed by atoms with Crippen molar-refractivity contribution in [2.24, 2.45) is 5.92 Å². The Morgan fingerprint density at radius 3 is 2.72 bits per heavy atom. The van der Waals surface area contributed by atoms with Crippen molar-refractivity contribution in [1.29, 1.82) is 0 Å². The number of aromatic amines is 1. The first-order valence-corrected chi connectivity index (χ1v) is 11.7. The van der Waals surface area contributed by atoms with Crippen LogP contribution >= 0.6 is 0 Å². The van der Waals surface area contributed by atoms with E-state index in [-0.39, 0.29) is 11.5 Å². The van der Waals surface area contributed by atoms with Gasteiger partial charge in [-0.15, -0.1) is 0 Å². The van der Waals surface area contributed by atoms with E-state index in [1.807, 2.05) is 6.07 Å². The normalized spacial score (nSPS) is 27.8. The molecule has 3 unspecified atom stereocenters. The highest BCUT2D eigenvalue weighted by molar-refractivity contribution is 5.86. The maximum absolute atomic E-state index is 12.1. The van der Waals surface area contributed by atoms with E-state index in [4.69, 9.17) is 4.74 Å². The van der Waals surface area contributed by atoms with Gasteiger partial charge in [0.2, 0.25) is 0 Å². The van der Waals surface area contributed by atoms with Crippen LogP contribution in [0.15, 0.2) is 42.5 Å². The lowest BCUT2D eigenvalue weighted by Crippen LogP contribution is -2.57. The molecular formula is C27H35N3O2. The summed E-state index contributed by atoms with van der Waals surface area (Å²) in [5.74, 6) is 1.02. The van der Waals surface area contributed by atoms with Crippen molar-refractivity contribution in [3.8, 4) is 5.75 Å². The van der Waals surface area contributed by atoms with Crippen molar-refractivity contribution >= 4 is 10.9 Å². The first-order chi connectivity index (χ1) is 15.4. The molecule has 3 N–H and O–H groups in total. The molecule has 3 aromatic rings. The van der Waals surface area contributed by atoms with Crippen molar-refractivity contribution in [2.45, 2.75) is 43.7 Å². The third kappa shape index (κ3) is 3.35. The van der Waals surface area contributed by atoms with Gasteiger partial charge in [0, 0.05) is 35.6 Å². The second kappa shape index (κ2) is 7.91. The molecule has 2 aromatic carbocycles. The van der Waals surface area contributed by atoms with Crippen LogP contribution in [-0.2, 0) is 17.6 Å². The molecule has 1 aromatic heterocycles. The molecule has 170 valence electrons. The number of aryl methyl sites for hydroxylation is 1. The predicted octanol–water partition coefficient (Wildman–Crippen LogP) is 4.08. The second-order valence-electron chi connectivity index (χ2n) is 10.1. The zero-order valence-electron chi connectivity index (χ0n) is 19.7. The molecule has 0 radical (unpaired) electrons. The van der Waals surface area contributed by atoms with Gasteiger partial charge in [-0.05, 0) is 81.6 Å². The monoisotopic (exact) mass is 433 g/mol. The number of fused-ring (bicyclic) bond motifs is 4. The van der Waals surface area contributed by atoms with Crippen LogP contribution in [-0.4, -0.2) is 49.3 Å². The summed E-state index contributed by atoms with van der Waals surface area (Å²) >= 11 is 0. The van der Waals surface area contributed by atoms with Crippen LogP contribution in [0.5, 0.6) is 5.75 Å². The minimum absolute atomic E-state index is 0.117. The van der Waals surface area contributed by atoms with Gasteiger partial charge >= 0.3 is 0 Å². The highest BCUT2D eigenvalue weighted by Crippen LogP contribution is 2.52. The summed E-state index contributed by atoms with van der Waals surface area (Å²) in [4.78, 5) is 5.98. The number of nitrogens with zero attached hydrogens (tertiary/aromatic N) is 1. The molecule has 2 heterocycles. The lowest BCUT2D eigenvalue weighted by atomic mass is 9.62. The minimum atomic E-state index is -0.824. The molecule has 1 spiro atoms. The quantitative estimate of drug-likeness (QED) is 0.580. The van der Waals surface area contributed by atoms with Crippen molar-refractivity contribution in [3.63, 3.8) is 0 Å². The zero-order chi connectivity index (χ0) is 22.5. The molecule has 1 fully saturated rings. The fourth-order valence-corrected chi connectivity index (χ4v) is 6.29. The highest BCUT2D eigenvalue weighted by atomic mass is 16.5. The summed E-state index contributed by atoms with van der Waals surface area (Å²) in [6.07, 6.45) is 3.54. The van der Waals surface area contributed by atoms with Gasteiger partial charge in [0.25, 0.3) is 0 Å². The van der Waals surface area contributed by atoms with E-state index in [0.717, 1.165) is 50.1 Å². The summed E-state index contributed by atoms with van der Waals surface area (Å²) < 4.78 is 5.50. The molecule has 3 atom stereocenters. The number of hydrogen-bond acceptors (Lipinski definition) is 4. The van der Waals surface area contributed by atoms with Gasteiger partial charge in [-0.2, -0.15) is 0 Å². The standard InChI is InChI=1S/C27H35N3O2/c1-18-7-5-6-8-23(18)27(31)13-12-26(16-19(27)17-30(2)3)25-21(11-14-28-26)22-15-20(32-4)9-10-24(22)29-25/h5-10,15,19,28-29,31H,11-14,16-17H2,1-4H3. The maximum atomic E-state index is 12.1. The van der Waals surface area contributed by atoms with E-state index >= 15 is 0 Å². The molecule has 0 bridgehead atoms. The number of aromatic nitrogens is 1. The van der Waals surface area contributed by atoms with Crippen molar-refractivity contribution < 1.29 is 9.84 Å². The third-order valence-corrected chi connectivity index (χ3v) is 7.83. The number of H-pyrrole nitrogens is 1. The van der Waals surface area contributed by atoms with E-state index < -0.39 is 5.60 Å². The summed E-state index contributed by atoms with van der Waals surface area (Å²) in [6.45, 7) is 3.92. The van der Waals surface area contributed by atoms with E-state index in [1.54, 1.807) is 7.11 Å². The SMILES string of the molecule is COc1ccc2[nH]c3c(c2c1)CCNC31CCC(O)(c2ccccc2C)C(CN(C)C)C1. The topological polar surface area (TPSA) is 60.5 Å². The van der Waals surface area contributed by atoms with Gasteiger partial charge < -0.3 is 25.0 Å². The molecule has 32 heavy (non-hydrogen) atoms. The molecule has 5 heteroatoms. The van der Waals surface area contributed by atoms with Crippen LogP contribution in [0.1, 0.15) is 41.6 Å². The number of nitrogens with one attached hydrogen (secondary N) is 2.